The third-order valence-corrected chi connectivity index (χ3v) is 6.86. The molecule has 0 fully saturated rings. The van der Waals surface area contributed by atoms with Gasteiger partial charge in [0.15, 0.2) is 0 Å². The predicted octanol–water partition coefficient (Wildman–Crippen LogP) is 6.47. The van der Waals surface area contributed by atoms with Crippen LogP contribution in [-0.4, -0.2) is 17.6 Å². The van der Waals surface area contributed by atoms with Gasteiger partial charge in [0.25, 0.3) is 5.91 Å². The zero-order valence-electron chi connectivity index (χ0n) is 16.9. The van der Waals surface area contributed by atoms with Gasteiger partial charge in [0.2, 0.25) is 0 Å². The smallest absolute Gasteiger partial charge is 0.416 e. The van der Waals surface area contributed by atoms with E-state index in [2.05, 4.69) is 21.2 Å². The number of halogens is 4. The highest BCUT2D eigenvalue weighted by molar-refractivity contribution is 9.10. The van der Waals surface area contributed by atoms with E-state index in [9.17, 15) is 18.0 Å². The number of para-hydroxylation sites is 1. The number of aromatic nitrogens is 1. The third-order valence-electron chi connectivity index (χ3n) is 5.04. The minimum atomic E-state index is -4.43. The number of carbonyl (C=O) groups is 1. The van der Waals surface area contributed by atoms with Gasteiger partial charge in [-0.2, -0.15) is 13.2 Å². The van der Waals surface area contributed by atoms with E-state index in [1.54, 1.807) is 19.2 Å². The molecule has 0 spiro atoms. The van der Waals surface area contributed by atoms with Crippen molar-refractivity contribution < 1.29 is 22.7 Å². The number of ether oxygens (including phenoxy) is 1. The first-order chi connectivity index (χ1) is 15.3. The molecular weight excluding hydrogens is 505 g/mol. The van der Waals surface area contributed by atoms with Gasteiger partial charge in [-0.1, -0.05) is 30.3 Å². The van der Waals surface area contributed by atoms with Gasteiger partial charge in [-0.25, -0.2) is 0 Å². The molecular formula is C23H18BrF3N2O2S. The minimum Gasteiger partial charge on any atom is -0.496 e. The summed E-state index contributed by atoms with van der Waals surface area (Å²) in [4.78, 5) is 13.0. The van der Waals surface area contributed by atoms with Crippen LogP contribution in [0.2, 0.25) is 0 Å². The number of alkyl halides is 3. The Labute approximate surface area is 194 Å². The second kappa shape index (κ2) is 8.99. The van der Waals surface area contributed by atoms with Crippen molar-refractivity contribution in [3.8, 4) is 5.75 Å². The highest BCUT2D eigenvalue weighted by atomic mass is 79.9. The van der Waals surface area contributed by atoms with Crippen molar-refractivity contribution in [2.24, 2.45) is 0 Å². The van der Waals surface area contributed by atoms with E-state index in [4.69, 9.17) is 4.74 Å². The zero-order chi connectivity index (χ0) is 22.9. The second-order valence-corrected chi connectivity index (χ2v) is 8.87. The number of benzene rings is 2. The number of carbonyl (C=O) groups excluding carboxylic acids is 1. The van der Waals surface area contributed by atoms with Crippen molar-refractivity contribution in [3.63, 3.8) is 0 Å². The molecule has 4 nitrogen and oxygen atoms in total. The van der Waals surface area contributed by atoms with Crippen molar-refractivity contribution in [1.29, 1.82) is 0 Å². The molecule has 0 aliphatic heterocycles. The van der Waals surface area contributed by atoms with Gasteiger partial charge < -0.3 is 14.6 Å². The van der Waals surface area contributed by atoms with Crippen LogP contribution in [0, 0.1) is 0 Å². The fourth-order valence-electron chi connectivity index (χ4n) is 3.52. The Hall–Kier alpha value is -2.78. The molecule has 0 saturated heterocycles. The molecule has 9 heteroatoms. The first-order valence-corrected chi connectivity index (χ1v) is 11.3. The number of fused-ring (bicyclic) bond motifs is 1. The Morgan fingerprint density at radius 2 is 1.94 bits per heavy atom. The number of hydrogen-bond donors (Lipinski definition) is 1. The molecule has 0 saturated carbocycles. The summed E-state index contributed by atoms with van der Waals surface area (Å²) in [6, 6.07) is 14.3. The van der Waals surface area contributed by atoms with E-state index < -0.39 is 11.7 Å². The van der Waals surface area contributed by atoms with Crippen LogP contribution in [0.15, 0.2) is 64.5 Å². The molecule has 0 unspecified atom stereocenters. The molecule has 1 N–H and O–H groups in total. The Bertz CT molecular complexity index is 1280. The highest BCUT2D eigenvalue weighted by Gasteiger charge is 2.30. The number of nitrogens with one attached hydrogen (secondary N) is 1. The molecule has 1 amide bonds. The normalized spacial score (nSPS) is 11.7. The minimum absolute atomic E-state index is 0.0165. The topological polar surface area (TPSA) is 43.3 Å². The maximum atomic E-state index is 13.0. The van der Waals surface area contributed by atoms with Crippen LogP contribution in [0.25, 0.3) is 10.2 Å². The number of thiophene rings is 1. The number of hydrogen-bond acceptors (Lipinski definition) is 3. The van der Waals surface area contributed by atoms with Crippen LogP contribution in [0.4, 0.5) is 13.2 Å². The van der Waals surface area contributed by atoms with Gasteiger partial charge >= 0.3 is 6.18 Å². The molecule has 0 aliphatic carbocycles. The first-order valence-electron chi connectivity index (χ1n) is 9.60. The van der Waals surface area contributed by atoms with E-state index in [1.807, 2.05) is 34.2 Å². The van der Waals surface area contributed by atoms with E-state index in [1.165, 1.54) is 17.4 Å². The summed E-state index contributed by atoms with van der Waals surface area (Å²) < 4.78 is 48.0. The largest absolute Gasteiger partial charge is 0.496 e. The summed E-state index contributed by atoms with van der Waals surface area (Å²) in [5.41, 5.74) is 1.83. The molecule has 2 heterocycles. The van der Waals surface area contributed by atoms with Gasteiger partial charge in [0.05, 0.1) is 33.9 Å². The lowest BCUT2D eigenvalue weighted by molar-refractivity contribution is -0.137. The van der Waals surface area contributed by atoms with Crippen LogP contribution in [-0.2, 0) is 19.3 Å². The average Bonchev–Trinajstić information content (AvgIpc) is 3.32. The van der Waals surface area contributed by atoms with Crippen LogP contribution >= 0.6 is 27.3 Å². The molecule has 0 atom stereocenters. The van der Waals surface area contributed by atoms with Gasteiger partial charge in [-0.15, -0.1) is 11.3 Å². The van der Waals surface area contributed by atoms with Crippen LogP contribution in [0.5, 0.6) is 5.75 Å². The van der Waals surface area contributed by atoms with E-state index >= 15 is 0 Å². The fourth-order valence-corrected chi connectivity index (χ4v) is 5.21. The van der Waals surface area contributed by atoms with Gasteiger partial charge in [0, 0.05) is 17.5 Å². The molecule has 4 rings (SSSR count). The van der Waals surface area contributed by atoms with Gasteiger partial charge in [-0.05, 0) is 45.8 Å². The molecule has 166 valence electrons. The lowest BCUT2D eigenvalue weighted by Gasteiger charge is -2.14. The van der Waals surface area contributed by atoms with Gasteiger partial charge in [-0.3, -0.25) is 4.79 Å². The average molecular weight is 523 g/mol. The standard InChI is InChI=1S/C23H18BrF3N2O2S/c1-31-19-8-3-2-6-15(19)12-29-18(10-20-21(29)17(24)13-32-20)22(30)28-11-14-5-4-7-16(9-14)23(25,26)27/h2-10,13H,11-12H2,1H3,(H,28,30). The van der Waals surface area contributed by atoms with E-state index in [0.29, 0.717) is 23.6 Å². The van der Waals surface area contributed by atoms with Crippen molar-refractivity contribution in [2.75, 3.05) is 7.11 Å². The maximum absolute atomic E-state index is 13.0. The number of nitrogens with zero attached hydrogens (tertiary/aromatic N) is 1. The van der Waals surface area contributed by atoms with Crippen LogP contribution in [0.3, 0.4) is 0 Å². The van der Waals surface area contributed by atoms with Crippen molar-refractivity contribution in [3.05, 3.63) is 86.8 Å². The summed E-state index contributed by atoms with van der Waals surface area (Å²) in [5.74, 6) is 0.337. The second-order valence-electron chi connectivity index (χ2n) is 7.10. The lowest BCUT2D eigenvalue weighted by Crippen LogP contribution is -2.26. The molecule has 0 bridgehead atoms. The Kier molecular flexibility index (Phi) is 6.30. The first kappa shape index (κ1) is 22.4. The summed E-state index contributed by atoms with van der Waals surface area (Å²) in [6.07, 6.45) is -4.43. The summed E-state index contributed by atoms with van der Waals surface area (Å²) in [6.45, 7) is 0.382. The predicted molar refractivity (Wildman–Crippen MR) is 122 cm³/mol. The molecule has 0 radical (unpaired) electrons. The lowest BCUT2D eigenvalue weighted by atomic mass is 10.1. The molecule has 0 aliphatic rings. The number of amides is 1. The zero-order valence-corrected chi connectivity index (χ0v) is 19.3. The quantitative estimate of drug-likeness (QED) is 0.315. The monoisotopic (exact) mass is 522 g/mol. The Balaban J connectivity index is 1.63. The molecule has 32 heavy (non-hydrogen) atoms. The van der Waals surface area contributed by atoms with Gasteiger partial charge in [0.1, 0.15) is 11.4 Å². The van der Waals surface area contributed by atoms with Crippen LogP contribution in [0.1, 0.15) is 27.2 Å². The van der Waals surface area contributed by atoms with E-state index in [-0.39, 0.29) is 12.5 Å². The number of methoxy groups -OCH3 is 1. The molecule has 2 aromatic carbocycles. The molecule has 4 aromatic rings. The number of rotatable bonds is 6. The molecule has 2 aromatic heterocycles. The summed E-state index contributed by atoms with van der Waals surface area (Å²) in [7, 11) is 1.59. The Morgan fingerprint density at radius 3 is 2.69 bits per heavy atom. The van der Waals surface area contributed by atoms with Crippen molar-refractivity contribution >= 4 is 43.4 Å². The summed E-state index contributed by atoms with van der Waals surface area (Å²) in [5, 5.41) is 4.70. The van der Waals surface area contributed by atoms with E-state index in [0.717, 1.165) is 32.4 Å². The Morgan fingerprint density at radius 1 is 1.16 bits per heavy atom. The van der Waals surface area contributed by atoms with Crippen LogP contribution < -0.4 is 10.1 Å². The fraction of sp³-hybridized carbons (Fsp3) is 0.174. The third kappa shape index (κ3) is 4.54. The summed E-state index contributed by atoms with van der Waals surface area (Å²) >= 11 is 5.05. The highest BCUT2D eigenvalue weighted by Crippen LogP contribution is 2.35. The van der Waals surface area contributed by atoms with Crippen molar-refractivity contribution in [2.45, 2.75) is 19.3 Å². The SMILES string of the molecule is COc1ccccc1Cn1c(C(=O)NCc2cccc(C(F)(F)F)c2)cc2scc(Br)c21. The maximum Gasteiger partial charge on any atom is 0.416 e. The van der Waals surface area contributed by atoms with Crippen molar-refractivity contribution in [1.82, 2.24) is 9.88 Å².